The van der Waals surface area contributed by atoms with E-state index in [1.165, 1.54) is 5.56 Å². The van der Waals surface area contributed by atoms with Crippen molar-refractivity contribution >= 4 is 0 Å². The van der Waals surface area contributed by atoms with Gasteiger partial charge in [0.2, 0.25) is 0 Å². The third-order valence-corrected chi connectivity index (χ3v) is 2.68. The number of nitrogens with zero attached hydrogens (tertiary/aromatic N) is 1. The van der Waals surface area contributed by atoms with Gasteiger partial charge in [-0.3, -0.25) is 5.10 Å². The third-order valence-electron chi connectivity index (χ3n) is 2.68. The molecule has 0 spiro atoms. The lowest BCUT2D eigenvalue weighted by atomic mass is 10.1. The minimum atomic E-state index is 0.649. The largest absolute Gasteiger partial charge is 0.468 e. The molecule has 4 heteroatoms. The van der Waals surface area contributed by atoms with E-state index in [9.17, 15) is 0 Å². The maximum atomic E-state index is 5.52. The number of H-pyrrole nitrogens is 1. The molecule has 0 aliphatic heterocycles. The van der Waals surface area contributed by atoms with E-state index in [-0.39, 0.29) is 0 Å². The van der Waals surface area contributed by atoms with E-state index in [2.05, 4.69) is 10.2 Å². The average molecular weight is 189 g/mol. The number of hydrogen-bond acceptors (Lipinski definition) is 3. The Bertz CT molecular complexity index is 469. The molecular weight excluding hydrogens is 178 g/mol. The van der Waals surface area contributed by atoms with Gasteiger partial charge in [-0.05, 0) is 12.6 Å². The highest BCUT2D eigenvalue weighted by molar-refractivity contribution is 5.72. The van der Waals surface area contributed by atoms with Gasteiger partial charge >= 0.3 is 0 Å². The van der Waals surface area contributed by atoms with Gasteiger partial charge in [-0.25, -0.2) is 0 Å². The predicted octanol–water partition coefficient (Wildman–Crippen LogP) is 1.08. The lowest BCUT2D eigenvalue weighted by Gasteiger charge is -1.95. The van der Waals surface area contributed by atoms with Crippen LogP contribution in [0.25, 0.3) is 11.3 Å². The van der Waals surface area contributed by atoms with Crippen LogP contribution < -0.4 is 5.73 Å². The van der Waals surface area contributed by atoms with E-state index in [1.807, 2.05) is 6.07 Å². The monoisotopic (exact) mass is 189 g/mol. The topological polar surface area (TPSA) is 67.8 Å². The second-order valence-electron chi connectivity index (χ2n) is 3.50. The molecule has 72 valence electrons. The number of furan rings is 1. The van der Waals surface area contributed by atoms with Crippen LogP contribution in [0.4, 0.5) is 0 Å². The summed E-state index contributed by atoms with van der Waals surface area (Å²) in [6.07, 6.45) is 3.42. The Hall–Kier alpha value is -1.55. The highest BCUT2D eigenvalue weighted by Crippen LogP contribution is 2.37. The van der Waals surface area contributed by atoms with Crippen LogP contribution in [0.5, 0.6) is 0 Å². The second kappa shape index (κ2) is 2.72. The highest BCUT2D eigenvalue weighted by atomic mass is 16.3. The quantitative estimate of drug-likeness (QED) is 0.633. The molecule has 0 saturated heterocycles. The maximum Gasteiger partial charge on any atom is 0.117 e. The summed E-state index contributed by atoms with van der Waals surface area (Å²) in [6, 6.07) is 1.97. The third kappa shape index (κ3) is 0.886. The first-order chi connectivity index (χ1) is 6.90. The molecule has 2 aromatic rings. The van der Waals surface area contributed by atoms with E-state index >= 15 is 0 Å². The Balaban J connectivity index is 2.10. The summed E-state index contributed by atoms with van der Waals surface area (Å²) in [5.74, 6) is 1.02. The number of hydrogen-bond donors (Lipinski definition) is 2. The fourth-order valence-electron chi connectivity index (χ4n) is 2.01. The molecule has 3 N–H and O–H groups in total. The summed E-state index contributed by atoms with van der Waals surface area (Å²) in [4.78, 5) is 0. The van der Waals surface area contributed by atoms with Crippen LogP contribution in [-0.4, -0.2) is 16.7 Å². The number of aromatic nitrogens is 2. The minimum Gasteiger partial charge on any atom is -0.468 e. The summed E-state index contributed by atoms with van der Waals surface area (Å²) in [7, 11) is 0. The first-order valence-electron chi connectivity index (χ1n) is 4.73. The first-order valence-corrected chi connectivity index (χ1v) is 4.73. The van der Waals surface area contributed by atoms with Gasteiger partial charge in [-0.15, -0.1) is 0 Å². The number of fused-ring (bicyclic) bond motifs is 3. The number of nitrogens with one attached hydrogen (secondary N) is 1. The zero-order valence-corrected chi connectivity index (χ0v) is 7.71. The van der Waals surface area contributed by atoms with Crippen molar-refractivity contribution in [2.24, 2.45) is 5.73 Å². The molecule has 0 aromatic carbocycles. The molecule has 0 amide bonds. The van der Waals surface area contributed by atoms with Crippen molar-refractivity contribution in [3.05, 3.63) is 29.3 Å². The van der Waals surface area contributed by atoms with Crippen molar-refractivity contribution in [3.63, 3.8) is 0 Å². The summed E-state index contributed by atoms with van der Waals surface area (Å²) < 4.78 is 5.36. The fourth-order valence-corrected chi connectivity index (χ4v) is 2.01. The molecule has 0 radical (unpaired) electrons. The Morgan fingerprint density at radius 3 is 3.36 bits per heavy atom. The van der Waals surface area contributed by atoms with Crippen molar-refractivity contribution in [2.45, 2.75) is 12.8 Å². The van der Waals surface area contributed by atoms with Crippen molar-refractivity contribution in [1.29, 1.82) is 0 Å². The molecule has 14 heavy (non-hydrogen) atoms. The van der Waals surface area contributed by atoms with E-state index in [0.29, 0.717) is 6.54 Å². The van der Waals surface area contributed by atoms with E-state index in [4.69, 9.17) is 10.2 Å². The van der Waals surface area contributed by atoms with Gasteiger partial charge in [0.05, 0.1) is 12.0 Å². The van der Waals surface area contributed by atoms with Crippen molar-refractivity contribution in [2.75, 3.05) is 6.54 Å². The molecule has 0 fully saturated rings. The standard InChI is InChI=1S/C10H11N3O/c11-3-1-8-7-5-9-6(2-4-14-9)10(7)13-12-8/h2,4H,1,3,5,11H2,(H,12,13). The lowest BCUT2D eigenvalue weighted by Crippen LogP contribution is -2.04. The van der Waals surface area contributed by atoms with Crippen LogP contribution >= 0.6 is 0 Å². The summed E-state index contributed by atoms with van der Waals surface area (Å²) in [6.45, 7) is 0.649. The van der Waals surface area contributed by atoms with Crippen LogP contribution in [0.2, 0.25) is 0 Å². The summed E-state index contributed by atoms with van der Waals surface area (Å²) in [5, 5.41) is 7.32. The number of aromatic amines is 1. The molecule has 0 saturated carbocycles. The van der Waals surface area contributed by atoms with Crippen LogP contribution in [0, 0.1) is 0 Å². The fraction of sp³-hybridized carbons (Fsp3) is 0.300. The molecule has 1 aliphatic carbocycles. The van der Waals surface area contributed by atoms with Gasteiger partial charge in [0.25, 0.3) is 0 Å². The van der Waals surface area contributed by atoms with E-state index in [0.717, 1.165) is 35.6 Å². The molecule has 0 atom stereocenters. The molecule has 3 rings (SSSR count). The minimum absolute atomic E-state index is 0.649. The summed E-state index contributed by atoms with van der Waals surface area (Å²) >= 11 is 0. The van der Waals surface area contributed by atoms with Crippen LogP contribution in [-0.2, 0) is 12.8 Å². The van der Waals surface area contributed by atoms with Crippen LogP contribution in [0.3, 0.4) is 0 Å². The van der Waals surface area contributed by atoms with Crippen molar-refractivity contribution in [3.8, 4) is 11.3 Å². The lowest BCUT2D eigenvalue weighted by molar-refractivity contribution is 0.524. The SMILES string of the molecule is NCCc1[nH]nc2c1Cc1occc1-2. The number of rotatable bonds is 2. The summed E-state index contributed by atoms with van der Waals surface area (Å²) in [5.41, 5.74) is 10.1. The predicted molar refractivity (Wildman–Crippen MR) is 51.9 cm³/mol. The van der Waals surface area contributed by atoms with Gasteiger partial charge in [-0.1, -0.05) is 0 Å². The van der Waals surface area contributed by atoms with Gasteiger partial charge in [0.15, 0.2) is 0 Å². The van der Waals surface area contributed by atoms with Gasteiger partial charge < -0.3 is 10.2 Å². The van der Waals surface area contributed by atoms with Gasteiger partial charge in [0, 0.05) is 29.7 Å². The van der Waals surface area contributed by atoms with Crippen LogP contribution in [0.15, 0.2) is 16.7 Å². The second-order valence-corrected chi connectivity index (χ2v) is 3.50. The average Bonchev–Trinajstić information content (AvgIpc) is 2.78. The molecule has 0 bridgehead atoms. The number of nitrogens with two attached hydrogens (primary N) is 1. The molecular formula is C10H11N3O. The molecule has 0 unspecified atom stereocenters. The zero-order valence-electron chi connectivity index (χ0n) is 7.71. The van der Waals surface area contributed by atoms with E-state index in [1.54, 1.807) is 6.26 Å². The smallest absolute Gasteiger partial charge is 0.117 e. The highest BCUT2D eigenvalue weighted by Gasteiger charge is 2.26. The molecule has 2 aromatic heterocycles. The normalized spacial score (nSPS) is 12.9. The molecule has 4 nitrogen and oxygen atoms in total. The Morgan fingerprint density at radius 1 is 1.57 bits per heavy atom. The Labute approximate surface area is 81.1 Å². The zero-order chi connectivity index (χ0) is 9.54. The van der Waals surface area contributed by atoms with Gasteiger partial charge in [-0.2, -0.15) is 5.10 Å². The van der Waals surface area contributed by atoms with Crippen molar-refractivity contribution < 1.29 is 4.42 Å². The van der Waals surface area contributed by atoms with Crippen molar-refractivity contribution in [1.82, 2.24) is 10.2 Å². The Morgan fingerprint density at radius 2 is 2.50 bits per heavy atom. The van der Waals surface area contributed by atoms with Crippen LogP contribution in [0.1, 0.15) is 17.0 Å². The Kier molecular flexibility index (Phi) is 1.52. The maximum absolute atomic E-state index is 5.52. The molecule has 2 heterocycles. The van der Waals surface area contributed by atoms with E-state index < -0.39 is 0 Å². The van der Waals surface area contributed by atoms with Gasteiger partial charge in [0.1, 0.15) is 5.76 Å². The molecule has 1 aliphatic rings. The first kappa shape index (κ1) is 7.82.